The Labute approximate surface area is 94.6 Å². The highest BCUT2D eigenvalue weighted by molar-refractivity contribution is 5.91. The molecule has 0 aliphatic rings. The van der Waals surface area contributed by atoms with E-state index in [9.17, 15) is 18.0 Å². The maximum atomic E-state index is 12.4. The van der Waals surface area contributed by atoms with Gasteiger partial charge in [-0.25, -0.2) is 9.78 Å². The molecule has 1 heterocycles. The number of ether oxygens (including phenoxy) is 1. The van der Waals surface area contributed by atoms with Gasteiger partial charge in [-0.1, -0.05) is 0 Å². The Bertz CT molecular complexity index is 477. The Morgan fingerprint density at radius 2 is 2.24 bits per heavy atom. The molecule has 0 fully saturated rings. The molecule has 1 aromatic heterocycles. The van der Waals surface area contributed by atoms with Crippen molar-refractivity contribution in [1.29, 1.82) is 5.26 Å². The molecule has 1 aromatic rings. The second kappa shape index (κ2) is 4.82. The number of hydrogen-bond donors (Lipinski definition) is 0. The molecule has 0 unspecified atom stereocenters. The van der Waals surface area contributed by atoms with Gasteiger partial charge in [-0.2, -0.15) is 18.4 Å². The van der Waals surface area contributed by atoms with E-state index < -0.39 is 29.0 Å². The Hall–Kier alpha value is -2.10. The lowest BCUT2D eigenvalue weighted by molar-refractivity contribution is -0.137. The number of hydrogen-bond acceptors (Lipinski definition) is 4. The number of halogens is 3. The lowest BCUT2D eigenvalue weighted by Gasteiger charge is -2.08. The molecule has 4 nitrogen and oxygen atoms in total. The number of nitrogens with zero attached hydrogens (tertiary/aromatic N) is 2. The molecule has 0 N–H and O–H groups in total. The molecule has 1 rings (SSSR count). The Morgan fingerprint density at radius 1 is 1.59 bits per heavy atom. The number of esters is 1. The number of alkyl halides is 3. The minimum atomic E-state index is -4.62. The molecule has 0 atom stereocenters. The fraction of sp³-hybridized carbons (Fsp3) is 0.300. The summed E-state index contributed by atoms with van der Waals surface area (Å²) in [4.78, 5) is 14.6. The summed E-state index contributed by atoms with van der Waals surface area (Å²) in [5.74, 6) is -0.998. The fourth-order valence-electron chi connectivity index (χ4n) is 1.07. The van der Waals surface area contributed by atoms with Crippen molar-refractivity contribution in [3.63, 3.8) is 0 Å². The Morgan fingerprint density at radius 3 is 2.71 bits per heavy atom. The standard InChI is InChI=1S/C10H7F3N2O2/c1-2-17-9(16)7-3-6(10(11,12)13)5-15-8(7)4-14/h3,5H,2H2,1H3. The molecule has 0 saturated carbocycles. The Balaban J connectivity index is 3.26. The van der Waals surface area contributed by atoms with Gasteiger partial charge in [-0.15, -0.1) is 0 Å². The summed E-state index contributed by atoms with van der Waals surface area (Å²) in [5, 5.41) is 8.63. The minimum Gasteiger partial charge on any atom is -0.462 e. The van der Waals surface area contributed by atoms with Gasteiger partial charge in [0.2, 0.25) is 0 Å². The third-order valence-electron chi connectivity index (χ3n) is 1.82. The van der Waals surface area contributed by atoms with Crippen LogP contribution in [0.15, 0.2) is 12.3 Å². The first-order valence-electron chi connectivity index (χ1n) is 4.54. The van der Waals surface area contributed by atoms with Crippen molar-refractivity contribution in [1.82, 2.24) is 4.98 Å². The van der Waals surface area contributed by atoms with E-state index in [4.69, 9.17) is 5.26 Å². The predicted octanol–water partition coefficient (Wildman–Crippen LogP) is 2.15. The first-order chi connectivity index (χ1) is 7.90. The van der Waals surface area contributed by atoms with Crippen LogP contribution in [0, 0.1) is 11.3 Å². The normalized spacial score (nSPS) is 10.8. The highest BCUT2D eigenvalue weighted by Crippen LogP contribution is 2.29. The lowest BCUT2D eigenvalue weighted by Crippen LogP contribution is -2.12. The summed E-state index contributed by atoms with van der Waals surface area (Å²) >= 11 is 0. The SMILES string of the molecule is CCOC(=O)c1cc(C(F)(F)F)cnc1C#N. The topological polar surface area (TPSA) is 63.0 Å². The van der Waals surface area contributed by atoms with E-state index in [-0.39, 0.29) is 6.61 Å². The van der Waals surface area contributed by atoms with Crippen LogP contribution in [0.2, 0.25) is 0 Å². The van der Waals surface area contributed by atoms with Crippen LogP contribution < -0.4 is 0 Å². The molecule has 17 heavy (non-hydrogen) atoms. The average Bonchev–Trinajstić information content (AvgIpc) is 2.27. The van der Waals surface area contributed by atoms with Crippen molar-refractivity contribution in [2.24, 2.45) is 0 Å². The first-order valence-corrected chi connectivity index (χ1v) is 4.54. The van der Waals surface area contributed by atoms with Gasteiger partial charge in [0.05, 0.1) is 17.7 Å². The number of rotatable bonds is 2. The minimum absolute atomic E-state index is 0.0000522. The molecule has 0 aliphatic carbocycles. The smallest absolute Gasteiger partial charge is 0.417 e. The van der Waals surface area contributed by atoms with E-state index >= 15 is 0 Å². The molecule has 0 saturated heterocycles. The van der Waals surface area contributed by atoms with E-state index in [0.717, 1.165) is 0 Å². The van der Waals surface area contributed by atoms with E-state index in [1.807, 2.05) is 0 Å². The summed E-state index contributed by atoms with van der Waals surface area (Å²) in [5.41, 5.74) is -1.97. The molecule has 0 spiro atoms. The van der Waals surface area contributed by atoms with Gasteiger partial charge in [0.1, 0.15) is 6.07 Å². The van der Waals surface area contributed by atoms with Gasteiger partial charge in [0.15, 0.2) is 5.69 Å². The lowest BCUT2D eigenvalue weighted by atomic mass is 10.1. The second-order valence-corrected chi connectivity index (χ2v) is 2.95. The van der Waals surface area contributed by atoms with Crippen LogP contribution >= 0.6 is 0 Å². The van der Waals surface area contributed by atoms with Crippen molar-refractivity contribution in [2.45, 2.75) is 13.1 Å². The Kier molecular flexibility index (Phi) is 3.68. The van der Waals surface area contributed by atoms with Crippen molar-refractivity contribution < 1.29 is 22.7 Å². The highest BCUT2D eigenvalue weighted by atomic mass is 19.4. The van der Waals surface area contributed by atoms with Crippen molar-refractivity contribution >= 4 is 5.97 Å². The quantitative estimate of drug-likeness (QED) is 0.748. The van der Waals surface area contributed by atoms with Crippen molar-refractivity contribution in [3.8, 4) is 6.07 Å². The summed E-state index contributed by atoms with van der Waals surface area (Å²) in [6.45, 7) is 1.50. The molecule has 0 aliphatic heterocycles. The third-order valence-corrected chi connectivity index (χ3v) is 1.82. The van der Waals surface area contributed by atoms with Crippen LogP contribution in [0.25, 0.3) is 0 Å². The summed E-state index contributed by atoms with van der Waals surface area (Å²) < 4.78 is 41.7. The predicted molar refractivity (Wildman–Crippen MR) is 49.9 cm³/mol. The number of pyridine rings is 1. The zero-order valence-electron chi connectivity index (χ0n) is 8.71. The number of nitriles is 1. The van der Waals surface area contributed by atoms with Gasteiger partial charge in [0.25, 0.3) is 0 Å². The molecule has 0 aromatic carbocycles. The summed E-state index contributed by atoms with van der Waals surface area (Å²) in [6, 6.07) is 2.09. The van der Waals surface area contributed by atoms with Crippen LogP contribution in [0.5, 0.6) is 0 Å². The molecule has 7 heteroatoms. The monoisotopic (exact) mass is 244 g/mol. The molecular weight excluding hydrogens is 237 g/mol. The van der Waals surface area contributed by atoms with Crippen molar-refractivity contribution in [3.05, 3.63) is 29.1 Å². The average molecular weight is 244 g/mol. The first kappa shape index (κ1) is 13.0. The van der Waals surface area contributed by atoms with Crippen LogP contribution in [0.3, 0.4) is 0 Å². The van der Waals surface area contributed by atoms with Gasteiger partial charge in [-0.05, 0) is 13.0 Å². The van der Waals surface area contributed by atoms with E-state index in [1.54, 1.807) is 0 Å². The van der Waals surface area contributed by atoms with E-state index in [1.165, 1.54) is 13.0 Å². The van der Waals surface area contributed by atoms with Gasteiger partial charge < -0.3 is 4.74 Å². The summed E-state index contributed by atoms with van der Waals surface area (Å²) in [6.07, 6.45) is -4.12. The molecule has 0 radical (unpaired) electrons. The van der Waals surface area contributed by atoms with Crippen molar-refractivity contribution in [2.75, 3.05) is 6.61 Å². The third kappa shape index (κ3) is 2.93. The number of carbonyl (C=O) groups is 1. The van der Waals surface area contributed by atoms with Crippen LogP contribution in [-0.2, 0) is 10.9 Å². The highest BCUT2D eigenvalue weighted by Gasteiger charge is 2.32. The molecule has 0 bridgehead atoms. The molecule has 0 amide bonds. The number of aromatic nitrogens is 1. The van der Waals surface area contributed by atoms with Crippen LogP contribution in [0.1, 0.15) is 28.5 Å². The summed E-state index contributed by atoms with van der Waals surface area (Å²) in [7, 11) is 0. The van der Waals surface area contributed by atoms with Gasteiger partial charge in [0, 0.05) is 6.20 Å². The maximum Gasteiger partial charge on any atom is 0.417 e. The van der Waals surface area contributed by atoms with E-state index in [2.05, 4.69) is 9.72 Å². The fourth-order valence-corrected chi connectivity index (χ4v) is 1.07. The maximum absolute atomic E-state index is 12.4. The zero-order chi connectivity index (χ0) is 13.1. The largest absolute Gasteiger partial charge is 0.462 e. The number of carbonyl (C=O) groups excluding carboxylic acids is 1. The molecule has 90 valence electrons. The van der Waals surface area contributed by atoms with Gasteiger partial charge >= 0.3 is 12.1 Å². The van der Waals surface area contributed by atoms with Crippen LogP contribution in [0.4, 0.5) is 13.2 Å². The van der Waals surface area contributed by atoms with Crippen LogP contribution in [-0.4, -0.2) is 17.6 Å². The molecular formula is C10H7F3N2O2. The zero-order valence-corrected chi connectivity index (χ0v) is 8.71. The van der Waals surface area contributed by atoms with E-state index in [0.29, 0.717) is 12.3 Å². The second-order valence-electron chi connectivity index (χ2n) is 2.95. The van der Waals surface area contributed by atoms with Gasteiger partial charge in [-0.3, -0.25) is 0 Å².